The van der Waals surface area contributed by atoms with Gasteiger partial charge < -0.3 is 5.73 Å². The second kappa shape index (κ2) is 5.08. The van der Waals surface area contributed by atoms with Crippen LogP contribution in [0.1, 0.15) is 57.8 Å². The summed E-state index contributed by atoms with van der Waals surface area (Å²) in [5.41, 5.74) is 7.02. The molecule has 0 aromatic carbocycles. The SMILES string of the molecule is Cc1c(N)nc(C(C)(C)C)nc1SC1CCCC1. The summed E-state index contributed by atoms with van der Waals surface area (Å²) < 4.78 is 0. The number of anilines is 1. The molecule has 0 saturated heterocycles. The van der Waals surface area contributed by atoms with Gasteiger partial charge in [-0.15, -0.1) is 11.8 Å². The predicted octanol–water partition coefficient (Wildman–Crippen LogP) is 3.70. The summed E-state index contributed by atoms with van der Waals surface area (Å²) in [6, 6.07) is 0. The Morgan fingerprint density at radius 3 is 2.33 bits per heavy atom. The highest BCUT2D eigenvalue weighted by molar-refractivity contribution is 7.99. The van der Waals surface area contributed by atoms with Gasteiger partial charge in [-0.1, -0.05) is 33.6 Å². The summed E-state index contributed by atoms with van der Waals surface area (Å²) in [6.07, 6.45) is 5.31. The standard InChI is InChI=1S/C14H23N3S/c1-9-11(15)16-13(14(2,3)4)17-12(9)18-10-7-5-6-8-10/h10H,5-8H2,1-4H3,(H2,15,16,17). The fraction of sp³-hybridized carbons (Fsp3) is 0.714. The van der Waals surface area contributed by atoms with E-state index in [2.05, 4.69) is 25.8 Å². The van der Waals surface area contributed by atoms with Crippen LogP contribution in [0.2, 0.25) is 0 Å². The monoisotopic (exact) mass is 265 g/mol. The van der Waals surface area contributed by atoms with Crippen LogP contribution < -0.4 is 5.73 Å². The molecule has 1 aromatic heterocycles. The molecule has 0 radical (unpaired) electrons. The Kier molecular flexibility index (Phi) is 3.85. The first-order valence-corrected chi connectivity index (χ1v) is 7.57. The molecule has 1 aromatic rings. The number of nitrogen functional groups attached to an aromatic ring is 1. The van der Waals surface area contributed by atoms with E-state index in [1.165, 1.54) is 25.7 Å². The van der Waals surface area contributed by atoms with Crippen LogP contribution in [0, 0.1) is 6.92 Å². The lowest BCUT2D eigenvalue weighted by Crippen LogP contribution is -2.18. The molecule has 18 heavy (non-hydrogen) atoms. The number of thioether (sulfide) groups is 1. The molecular formula is C14H23N3S. The first-order valence-electron chi connectivity index (χ1n) is 6.69. The molecule has 1 aliphatic carbocycles. The third-order valence-electron chi connectivity index (χ3n) is 3.39. The van der Waals surface area contributed by atoms with Crippen LogP contribution in [-0.4, -0.2) is 15.2 Å². The van der Waals surface area contributed by atoms with Gasteiger partial charge in [-0.05, 0) is 19.8 Å². The zero-order chi connectivity index (χ0) is 13.3. The molecule has 0 bridgehead atoms. The molecule has 3 nitrogen and oxygen atoms in total. The maximum atomic E-state index is 6.03. The van der Waals surface area contributed by atoms with Gasteiger partial charge >= 0.3 is 0 Å². The molecule has 0 unspecified atom stereocenters. The van der Waals surface area contributed by atoms with Crippen molar-refractivity contribution < 1.29 is 0 Å². The van der Waals surface area contributed by atoms with Crippen molar-refractivity contribution in [3.63, 3.8) is 0 Å². The molecular weight excluding hydrogens is 242 g/mol. The molecule has 2 rings (SSSR count). The van der Waals surface area contributed by atoms with Crippen LogP contribution in [0.3, 0.4) is 0 Å². The Morgan fingerprint density at radius 2 is 1.78 bits per heavy atom. The van der Waals surface area contributed by atoms with E-state index in [1.54, 1.807) is 0 Å². The van der Waals surface area contributed by atoms with Crippen LogP contribution in [0.15, 0.2) is 5.03 Å². The molecule has 1 fully saturated rings. The van der Waals surface area contributed by atoms with Crippen molar-refractivity contribution in [3.8, 4) is 0 Å². The van der Waals surface area contributed by atoms with E-state index in [9.17, 15) is 0 Å². The topological polar surface area (TPSA) is 51.8 Å². The summed E-state index contributed by atoms with van der Waals surface area (Å²) in [4.78, 5) is 9.17. The highest BCUT2D eigenvalue weighted by atomic mass is 32.2. The molecule has 1 saturated carbocycles. The lowest BCUT2D eigenvalue weighted by Gasteiger charge is -2.20. The molecule has 100 valence electrons. The van der Waals surface area contributed by atoms with Gasteiger partial charge in [-0.25, -0.2) is 9.97 Å². The van der Waals surface area contributed by atoms with Crippen LogP contribution in [0.5, 0.6) is 0 Å². The van der Waals surface area contributed by atoms with Crippen molar-refractivity contribution >= 4 is 17.6 Å². The van der Waals surface area contributed by atoms with Crippen LogP contribution in [0.4, 0.5) is 5.82 Å². The van der Waals surface area contributed by atoms with E-state index in [-0.39, 0.29) is 5.41 Å². The average molecular weight is 265 g/mol. The molecule has 4 heteroatoms. The number of aromatic nitrogens is 2. The van der Waals surface area contributed by atoms with Gasteiger partial charge in [-0.2, -0.15) is 0 Å². The van der Waals surface area contributed by atoms with E-state index in [0.29, 0.717) is 11.1 Å². The number of nitrogens with zero attached hydrogens (tertiary/aromatic N) is 2. The van der Waals surface area contributed by atoms with Gasteiger partial charge in [0.1, 0.15) is 16.7 Å². The van der Waals surface area contributed by atoms with Gasteiger partial charge in [-0.3, -0.25) is 0 Å². The predicted molar refractivity (Wildman–Crippen MR) is 78.0 cm³/mol. The number of rotatable bonds is 2. The Hall–Kier alpha value is -0.770. The molecule has 0 atom stereocenters. The molecule has 1 heterocycles. The van der Waals surface area contributed by atoms with Crippen LogP contribution in [0.25, 0.3) is 0 Å². The minimum Gasteiger partial charge on any atom is -0.383 e. The van der Waals surface area contributed by atoms with E-state index in [0.717, 1.165) is 16.4 Å². The van der Waals surface area contributed by atoms with E-state index in [1.807, 2.05) is 18.7 Å². The zero-order valence-corrected chi connectivity index (χ0v) is 12.6. The second-order valence-corrected chi connectivity index (χ2v) is 7.43. The third kappa shape index (κ3) is 2.97. The summed E-state index contributed by atoms with van der Waals surface area (Å²) in [6.45, 7) is 8.41. The summed E-state index contributed by atoms with van der Waals surface area (Å²) in [7, 11) is 0. The number of hydrogen-bond donors (Lipinski definition) is 1. The van der Waals surface area contributed by atoms with E-state index >= 15 is 0 Å². The van der Waals surface area contributed by atoms with Gasteiger partial charge in [0.05, 0.1) is 0 Å². The Labute approximate surface area is 114 Å². The summed E-state index contributed by atoms with van der Waals surface area (Å²) >= 11 is 1.89. The lowest BCUT2D eigenvalue weighted by atomic mass is 9.95. The Balaban J connectivity index is 2.30. The Bertz CT molecular complexity index is 431. The smallest absolute Gasteiger partial charge is 0.137 e. The maximum Gasteiger partial charge on any atom is 0.137 e. The summed E-state index contributed by atoms with van der Waals surface area (Å²) in [5.74, 6) is 1.49. The minimum absolute atomic E-state index is 0.0488. The van der Waals surface area contributed by atoms with Crippen LogP contribution >= 0.6 is 11.8 Å². The Morgan fingerprint density at radius 1 is 1.17 bits per heavy atom. The van der Waals surface area contributed by atoms with Crippen molar-refractivity contribution in [2.24, 2.45) is 0 Å². The van der Waals surface area contributed by atoms with Crippen molar-refractivity contribution in [1.82, 2.24) is 9.97 Å². The van der Waals surface area contributed by atoms with E-state index < -0.39 is 0 Å². The lowest BCUT2D eigenvalue weighted by molar-refractivity contribution is 0.538. The highest BCUT2D eigenvalue weighted by Crippen LogP contribution is 2.36. The van der Waals surface area contributed by atoms with Crippen molar-refractivity contribution in [1.29, 1.82) is 0 Å². The van der Waals surface area contributed by atoms with Crippen molar-refractivity contribution in [2.75, 3.05) is 5.73 Å². The average Bonchev–Trinajstić information content (AvgIpc) is 2.75. The third-order valence-corrected chi connectivity index (χ3v) is 4.82. The molecule has 0 amide bonds. The van der Waals surface area contributed by atoms with Crippen molar-refractivity contribution in [3.05, 3.63) is 11.4 Å². The molecule has 2 N–H and O–H groups in total. The minimum atomic E-state index is -0.0488. The van der Waals surface area contributed by atoms with Crippen molar-refractivity contribution in [2.45, 2.75) is 69.1 Å². The van der Waals surface area contributed by atoms with Crippen LogP contribution in [-0.2, 0) is 5.41 Å². The maximum absolute atomic E-state index is 6.03. The second-order valence-electron chi connectivity index (χ2n) is 6.14. The first-order chi connectivity index (χ1) is 8.38. The number of nitrogens with two attached hydrogens (primary N) is 1. The normalized spacial score (nSPS) is 17.3. The van der Waals surface area contributed by atoms with Gasteiger partial charge in [0.25, 0.3) is 0 Å². The fourth-order valence-corrected chi connectivity index (χ4v) is 3.43. The van der Waals surface area contributed by atoms with Gasteiger partial charge in [0.2, 0.25) is 0 Å². The van der Waals surface area contributed by atoms with E-state index in [4.69, 9.17) is 10.7 Å². The van der Waals surface area contributed by atoms with Gasteiger partial charge in [0.15, 0.2) is 0 Å². The number of hydrogen-bond acceptors (Lipinski definition) is 4. The summed E-state index contributed by atoms with van der Waals surface area (Å²) in [5, 5.41) is 1.80. The first kappa shape index (κ1) is 13.7. The fourth-order valence-electron chi connectivity index (χ4n) is 2.13. The highest BCUT2D eigenvalue weighted by Gasteiger charge is 2.23. The molecule has 0 aliphatic heterocycles. The molecule has 0 spiro atoms. The van der Waals surface area contributed by atoms with Gasteiger partial charge in [0, 0.05) is 16.2 Å². The zero-order valence-electron chi connectivity index (χ0n) is 11.8. The largest absolute Gasteiger partial charge is 0.383 e. The molecule has 1 aliphatic rings. The quantitative estimate of drug-likeness (QED) is 0.828.